The molecule has 0 radical (unpaired) electrons. The Morgan fingerprint density at radius 2 is 1.89 bits per heavy atom. The number of hydrogen-bond donors (Lipinski definition) is 2. The van der Waals surface area contributed by atoms with Crippen LogP contribution in [0, 0.1) is 5.92 Å². The molecule has 1 fully saturated rings. The van der Waals surface area contributed by atoms with E-state index in [9.17, 15) is 0 Å². The molecule has 0 aromatic carbocycles. The van der Waals surface area contributed by atoms with E-state index in [-0.39, 0.29) is 0 Å². The molecule has 0 amide bonds. The van der Waals surface area contributed by atoms with Gasteiger partial charge in [-0.3, -0.25) is 0 Å². The molecular formula is C14H24N4S. The molecule has 0 unspecified atom stereocenters. The molecule has 0 spiro atoms. The third-order valence-corrected chi connectivity index (χ3v) is 4.13. The molecule has 2 N–H and O–H groups in total. The van der Waals surface area contributed by atoms with Crippen LogP contribution in [0.4, 0.5) is 11.6 Å². The molecule has 0 atom stereocenters. The monoisotopic (exact) mass is 280 g/mol. The van der Waals surface area contributed by atoms with Gasteiger partial charge in [-0.25, -0.2) is 9.97 Å². The van der Waals surface area contributed by atoms with Crippen LogP contribution >= 0.6 is 11.8 Å². The van der Waals surface area contributed by atoms with Crippen LogP contribution in [-0.4, -0.2) is 29.3 Å². The van der Waals surface area contributed by atoms with Gasteiger partial charge < -0.3 is 10.6 Å². The summed E-state index contributed by atoms with van der Waals surface area (Å²) in [5.74, 6) is 2.76. The number of anilines is 2. The van der Waals surface area contributed by atoms with E-state index < -0.39 is 0 Å². The maximum Gasteiger partial charge on any atom is 0.191 e. The van der Waals surface area contributed by atoms with Crippen molar-refractivity contribution in [2.45, 2.75) is 44.2 Å². The van der Waals surface area contributed by atoms with Gasteiger partial charge in [-0.15, -0.1) is 0 Å². The third kappa shape index (κ3) is 4.56. The summed E-state index contributed by atoms with van der Waals surface area (Å²) in [5.41, 5.74) is 0. The van der Waals surface area contributed by atoms with Crippen LogP contribution in [0.2, 0.25) is 0 Å². The second-order valence-corrected chi connectivity index (χ2v) is 5.79. The maximum absolute atomic E-state index is 4.50. The predicted molar refractivity (Wildman–Crippen MR) is 83.0 cm³/mol. The average molecular weight is 280 g/mol. The lowest BCUT2D eigenvalue weighted by Gasteiger charge is -2.12. The minimum atomic E-state index is 0.821. The second kappa shape index (κ2) is 7.58. The predicted octanol–water partition coefficient (Wildman–Crippen LogP) is 3.62. The van der Waals surface area contributed by atoms with Crippen molar-refractivity contribution in [2.75, 3.05) is 30.0 Å². The Hall–Kier alpha value is -0.970. The standard InChI is InChI=1S/C14H24N4S/c1-3-15-12-10-13(18-14(17-12)19-2)16-9-8-11-6-4-5-7-11/h10-11H,3-9H2,1-2H3,(H2,15,16,17,18). The molecule has 1 aliphatic rings. The molecule has 0 bridgehead atoms. The zero-order chi connectivity index (χ0) is 13.5. The second-order valence-electron chi connectivity index (χ2n) is 5.02. The van der Waals surface area contributed by atoms with Crippen molar-refractivity contribution < 1.29 is 0 Å². The normalized spacial score (nSPS) is 15.7. The van der Waals surface area contributed by atoms with E-state index in [0.29, 0.717) is 0 Å². The lowest BCUT2D eigenvalue weighted by atomic mass is 10.0. The van der Waals surface area contributed by atoms with Crippen molar-refractivity contribution in [3.8, 4) is 0 Å². The van der Waals surface area contributed by atoms with Crippen LogP contribution in [0.1, 0.15) is 39.0 Å². The van der Waals surface area contributed by atoms with Gasteiger partial charge in [0.15, 0.2) is 5.16 Å². The first kappa shape index (κ1) is 14.4. The molecule has 106 valence electrons. The summed E-state index contributed by atoms with van der Waals surface area (Å²) in [5, 5.41) is 7.51. The fourth-order valence-corrected chi connectivity index (χ4v) is 2.96. The first-order valence-electron chi connectivity index (χ1n) is 7.22. The Labute approximate surface area is 120 Å². The van der Waals surface area contributed by atoms with Gasteiger partial charge in [-0.05, 0) is 25.5 Å². The molecule has 1 aliphatic carbocycles. The molecule has 5 heteroatoms. The highest BCUT2D eigenvalue weighted by Gasteiger charge is 2.14. The van der Waals surface area contributed by atoms with Crippen LogP contribution in [-0.2, 0) is 0 Å². The molecule has 19 heavy (non-hydrogen) atoms. The number of nitrogens with one attached hydrogen (secondary N) is 2. The summed E-state index contributed by atoms with van der Waals surface area (Å²) in [4.78, 5) is 8.93. The highest BCUT2D eigenvalue weighted by Crippen LogP contribution is 2.27. The highest BCUT2D eigenvalue weighted by atomic mass is 32.2. The topological polar surface area (TPSA) is 49.8 Å². The largest absolute Gasteiger partial charge is 0.370 e. The van der Waals surface area contributed by atoms with Gasteiger partial charge >= 0.3 is 0 Å². The van der Waals surface area contributed by atoms with Gasteiger partial charge in [0.25, 0.3) is 0 Å². The summed E-state index contributed by atoms with van der Waals surface area (Å²) < 4.78 is 0. The number of hydrogen-bond acceptors (Lipinski definition) is 5. The van der Waals surface area contributed by atoms with Crippen LogP contribution in [0.15, 0.2) is 11.2 Å². The molecule has 2 rings (SSSR count). The van der Waals surface area contributed by atoms with E-state index in [1.165, 1.54) is 32.1 Å². The molecule has 1 aromatic rings. The van der Waals surface area contributed by atoms with Gasteiger partial charge in [0.05, 0.1) is 0 Å². The van der Waals surface area contributed by atoms with E-state index in [2.05, 4.69) is 27.5 Å². The Morgan fingerprint density at radius 1 is 1.21 bits per heavy atom. The number of thioether (sulfide) groups is 1. The minimum absolute atomic E-state index is 0.821. The number of nitrogens with zero attached hydrogens (tertiary/aromatic N) is 2. The van der Waals surface area contributed by atoms with E-state index in [4.69, 9.17) is 0 Å². The summed E-state index contributed by atoms with van der Waals surface area (Å²) in [7, 11) is 0. The van der Waals surface area contributed by atoms with Gasteiger partial charge in [-0.1, -0.05) is 37.4 Å². The molecule has 1 saturated carbocycles. The molecular weight excluding hydrogens is 256 g/mol. The van der Waals surface area contributed by atoms with Crippen molar-refractivity contribution in [3.05, 3.63) is 6.07 Å². The van der Waals surface area contributed by atoms with E-state index >= 15 is 0 Å². The quantitative estimate of drug-likeness (QED) is 0.590. The third-order valence-electron chi connectivity index (χ3n) is 3.58. The van der Waals surface area contributed by atoms with Gasteiger partial charge in [-0.2, -0.15) is 0 Å². The van der Waals surface area contributed by atoms with Crippen molar-refractivity contribution >= 4 is 23.4 Å². The van der Waals surface area contributed by atoms with Crippen LogP contribution < -0.4 is 10.6 Å². The molecule has 4 nitrogen and oxygen atoms in total. The van der Waals surface area contributed by atoms with Crippen molar-refractivity contribution in [1.29, 1.82) is 0 Å². The van der Waals surface area contributed by atoms with Crippen molar-refractivity contribution in [2.24, 2.45) is 5.92 Å². The lowest BCUT2D eigenvalue weighted by Crippen LogP contribution is -2.09. The van der Waals surface area contributed by atoms with Crippen molar-refractivity contribution in [3.63, 3.8) is 0 Å². The SMILES string of the molecule is CCNc1cc(NCCC2CCCC2)nc(SC)n1. The van der Waals surface area contributed by atoms with Gasteiger partial charge in [0.2, 0.25) is 0 Å². The smallest absolute Gasteiger partial charge is 0.191 e. The Bertz CT molecular complexity index is 391. The van der Waals surface area contributed by atoms with E-state index in [0.717, 1.165) is 35.8 Å². The molecule has 1 heterocycles. The first-order chi connectivity index (χ1) is 9.31. The number of aromatic nitrogens is 2. The minimum Gasteiger partial charge on any atom is -0.370 e. The Kier molecular flexibility index (Phi) is 5.76. The zero-order valence-electron chi connectivity index (χ0n) is 11.9. The van der Waals surface area contributed by atoms with Crippen LogP contribution in [0.3, 0.4) is 0 Å². The Morgan fingerprint density at radius 3 is 2.53 bits per heavy atom. The molecule has 0 saturated heterocycles. The summed E-state index contributed by atoms with van der Waals surface area (Å²) in [6, 6.07) is 2.00. The fourth-order valence-electron chi connectivity index (χ4n) is 2.58. The lowest BCUT2D eigenvalue weighted by molar-refractivity contribution is 0.518. The Balaban J connectivity index is 1.88. The molecule has 0 aliphatic heterocycles. The van der Waals surface area contributed by atoms with Gasteiger partial charge in [0.1, 0.15) is 11.6 Å². The summed E-state index contributed by atoms with van der Waals surface area (Å²) >= 11 is 1.58. The first-order valence-corrected chi connectivity index (χ1v) is 8.45. The van der Waals surface area contributed by atoms with Gasteiger partial charge in [0, 0.05) is 19.2 Å². The van der Waals surface area contributed by atoms with Crippen LogP contribution in [0.5, 0.6) is 0 Å². The number of rotatable bonds is 7. The summed E-state index contributed by atoms with van der Waals surface area (Å²) in [6.07, 6.45) is 8.91. The zero-order valence-corrected chi connectivity index (χ0v) is 12.7. The van der Waals surface area contributed by atoms with Crippen LogP contribution in [0.25, 0.3) is 0 Å². The fraction of sp³-hybridized carbons (Fsp3) is 0.714. The summed E-state index contributed by atoms with van der Waals surface area (Å²) in [6.45, 7) is 3.97. The maximum atomic E-state index is 4.50. The van der Waals surface area contributed by atoms with E-state index in [1.807, 2.05) is 12.3 Å². The van der Waals surface area contributed by atoms with E-state index in [1.54, 1.807) is 11.8 Å². The van der Waals surface area contributed by atoms with Crippen molar-refractivity contribution in [1.82, 2.24) is 9.97 Å². The highest BCUT2D eigenvalue weighted by molar-refractivity contribution is 7.98. The average Bonchev–Trinajstić information content (AvgIpc) is 2.92. The molecule has 1 aromatic heterocycles.